The van der Waals surface area contributed by atoms with Crippen molar-refractivity contribution in [2.45, 2.75) is 45.1 Å². The lowest BCUT2D eigenvalue weighted by molar-refractivity contribution is -0.143. The van der Waals surface area contributed by atoms with Crippen LogP contribution in [0.4, 0.5) is 32.0 Å². The number of carbonyl (C=O) groups excluding carboxylic acids is 2. The van der Waals surface area contributed by atoms with Crippen LogP contribution in [0, 0.1) is 31.6 Å². The third-order valence-electron chi connectivity index (χ3n) is 8.12. The topological polar surface area (TPSA) is 107 Å². The number of imide groups is 1. The highest BCUT2D eigenvalue weighted by Crippen LogP contribution is 2.52. The number of nitrogens with zero attached hydrogens (tertiary/aromatic N) is 1. The van der Waals surface area contributed by atoms with Crippen LogP contribution in [-0.4, -0.2) is 40.8 Å². The minimum atomic E-state index is -5.19. The van der Waals surface area contributed by atoms with Crippen molar-refractivity contribution in [2.75, 3.05) is 11.5 Å². The van der Waals surface area contributed by atoms with E-state index in [1.165, 1.54) is 0 Å². The summed E-state index contributed by atoms with van der Waals surface area (Å²) in [6.07, 6.45) is -11.4. The van der Waals surface area contributed by atoms with Gasteiger partial charge in [0.15, 0.2) is 0 Å². The molecule has 5 rings (SSSR count). The van der Waals surface area contributed by atoms with Crippen LogP contribution in [0.1, 0.15) is 46.8 Å². The maximum Gasteiger partial charge on any atom is 0.487 e. The van der Waals surface area contributed by atoms with Crippen molar-refractivity contribution in [2.24, 2.45) is 17.8 Å². The van der Waals surface area contributed by atoms with Crippen LogP contribution in [0.5, 0.6) is 5.75 Å². The summed E-state index contributed by atoms with van der Waals surface area (Å²) in [6, 6.07) is 3.81. The molecule has 4 atom stereocenters. The molecule has 0 unspecified atom stereocenters. The van der Waals surface area contributed by atoms with Gasteiger partial charge >= 0.3 is 19.5 Å². The number of hydrogen-bond donors (Lipinski definition) is 3. The third kappa shape index (κ3) is 4.91. The Balaban J connectivity index is 1.58. The van der Waals surface area contributed by atoms with Crippen LogP contribution in [0.15, 0.2) is 41.4 Å². The summed E-state index contributed by atoms with van der Waals surface area (Å²) in [7, 11) is -1.60. The van der Waals surface area contributed by atoms with E-state index in [-0.39, 0.29) is 35.7 Å². The number of benzene rings is 2. The standard InChI is InChI=1S/C27H24BF6NO6/c1-11-3-13(4-12(2)23(11)37)20-9-18-21-19(5-14(10-36)22(18)28(40)41-20)24(38)35(25(21)39)17-7-15(26(29,30)31)6-16(8-17)27(32,33)34/h3-4,6-8,18-21,36-37,40H,5,9-10H2,1-2H3/t18-,19-,20-,21+/m0/s1. The first-order valence-electron chi connectivity index (χ1n) is 12.7. The lowest BCUT2D eigenvalue weighted by Gasteiger charge is -2.42. The summed E-state index contributed by atoms with van der Waals surface area (Å²) in [5.74, 6) is -5.26. The molecule has 2 aliphatic heterocycles. The van der Waals surface area contributed by atoms with Crippen molar-refractivity contribution in [1.82, 2.24) is 0 Å². The van der Waals surface area contributed by atoms with Gasteiger partial charge in [-0.15, -0.1) is 0 Å². The predicted molar refractivity (Wildman–Crippen MR) is 132 cm³/mol. The second kappa shape index (κ2) is 9.88. The Morgan fingerprint density at radius 3 is 2.00 bits per heavy atom. The van der Waals surface area contributed by atoms with Gasteiger partial charge in [-0.25, -0.2) is 4.90 Å². The van der Waals surface area contributed by atoms with Crippen molar-refractivity contribution in [3.63, 3.8) is 0 Å². The van der Waals surface area contributed by atoms with E-state index in [1.807, 2.05) is 0 Å². The van der Waals surface area contributed by atoms with Gasteiger partial charge in [-0.1, -0.05) is 0 Å². The Hall–Kier alpha value is -3.36. The lowest BCUT2D eigenvalue weighted by Crippen LogP contribution is -2.45. The maximum absolute atomic E-state index is 13.7. The van der Waals surface area contributed by atoms with Crippen LogP contribution < -0.4 is 4.90 Å². The molecule has 3 aliphatic rings. The van der Waals surface area contributed by atoms with E-state index in [4.69, 9.17) is 4.65 Å². The fraction of sp³-hybridized carbons (Fsp3) is 0.407. The average Bonchev–Trinajstić information content (AvgIpc) is 3.14. The zero-order valence-corrected chi connectivity index (χ0v) is 21.7. The highest BCUT2D eigenvalue weighted by Gasteiger charge is 2.58. The van der Waals surface area contributed by atoms with E-state index in [0.29, 0.717) is 33.7 Å². The van der Waals surface area contributed by atoms with E-state index < -0.39 is 78.6 Å². The number of alkyl halides is 6. The molecule has 2 fully saturated rings. The van der Waals surface area contributed by atoms with Crippen LogP contribution in [0.25, 0.3) is 0 Å². The molecule has 41 heavy (non-hydrogen) atoms. The predicted octanol–water partition coefficient (Wildman–Crippen LogP) is 4.64. The van der Waals surface area contributed by atoms with Crippen LogP contribution in [0.2, 0.25) is 0 Å². The van der Waals surface area contributed by atoms with E-state index in [0.717, 1.165) is 0 Å². The second-order valence-electron chi connectivity index (χ2n) is 10.7. The molecular formula is C27H24BF6NO6. The summed E-state index contributed by atoms with van der Waals surface area (Å²) in [4.78, 5) is 27.6. The minimum absolute atomic E-state index is 0.0178. The molecule has 7 nitrogen and oxygen atoms in total. The smallest absolute Gasteiger partial charge is 0.487 e. The lowest BCUT2D eigenvalue weighted by atomic mass is 9.55. The fourth-order valence-electron chi connectivity index (χ4n) is 6.27. The first-order valence-corrected chi connectivity index (χ1v) is 12.7. The maximum atomic E-state index is 13.7. The first kappa shape index (κ1) is 29.1. The zero-order chi connectivity index (χ0) is 30.2. The minimum Gasteiger partial charge on any atom is -0.507 e. The number of phenols is 1. The Morgan fingerprint density at radius 2 is 1.49 bits per heavy atom. The summed E-state index contributed by atoms with van der Waals surface area (Å²) < 4.78 is 86.9. The van der Waals surface area contributed by atoms with Gasteiger partial charge in [-0.05, 0) is 90.7 Å². The molecule has 0 radical (unpaired) electrons. The number of carbonyl (C=O) groups is 2. The monoisotopic (exact) mass is 583 g/mol. The largest absolute Gasteiger partial charge is 0.507 e. The molecule has 14 heteroatoms. The van der Waals surface area contributed by atoms with Crippen LogP contribution in [-0.2, 0) is 26.6 Å². The molecule has 218 valence electrons. The molecule has 2 aromatic carbocycles. The van der Waals surface area contributed by atoms with Crippen molar-refractivity contribution >= 4 is 24.6 Å². The van der Waals surface area contributed by atoms with Crippen molar-refractivity contribution in [1.29, 1.82) is 0 Å². The molecule has 2 heterocycles. The van der Waals surface area contributed by atoms with Gasteiger partial charge in [-0.2, -0.15) is 26.3 Å². The van der Waals surface area contributed by atoms with Crippen molar-refractivity contribution in [3.05, 3.63) is 69.2 Å². The first-order chi connectivity index (χ1) is 19.0. The summed E-state index contributed by atoms with van der Waals surface area (Å²) in [5, 5.41) is 31.1. The number of phenolic OH excluding ortho intramolecular Hbond substituents is 1. The van der Waals surface area contributed by atoms with Crippen LogP contribution in [0.3, 0.4) is 0 Å². The van der Waals surface area contributed by atoms with E-state index in [9.17, 15) is 51.2 Å². The molecule has 3 N–H and O–H groups in total. The fourth-order valence-corrected chi connectivity index (χ4v) is 6.27. The summed E-state index contributed by atoms with van der Waals surface area (Å²) in [5.41, 5.74) is -2.26. The van der Waals surface area contributed by atoms with Crippen molar-refractivity contribution < 1.29 is 55.8 Å². The van der Waals surface area contributed by atoms with Gasteiger partial charge in [0.25, 0.3) is 0 Å². The van der Waals surface area contributed by atoms with Crippen molar-refractivity contribution in [3.8, 4) is 5.75 Å². The molecular weight excluding hydrogens is 559 g/mol. The summed E-state index contributed by atoms with van der Waals surface area (Å²) in [6.45, 7) is 2.69. The Kier molecular flexibility index (Phi) is 7.02. The van der Waals surface area contributed by atoms with E-state index in [2.05, 4.69) is 0 Å². The second-order valence-corrected chi connectivity index (χ2v) is 10.7. The number of fused-ring (bicyclic) bond motifs is 3. The Labute approximate surface area is 230 Å². The normalized spacial score (nSPS) is 25.1. The number of allylic oxidation sites excluding steroid dienone is 1. The van der Waals surface area contributed by atoms with Gasteiger partial charge in [0, 0.05) is 0 Å². The number of aromatic hydroxyl groups is 1. The Bertz CT molecular complexity index is 1420. The third-order valence-corrected chi connectivity index (χ3v) is 8.12. The highest BCUT2D eigenvalue weighted by molar-refractivity contribution is 6.53. The number of hydrogen-bond acceptors (Lipinski definition) is 6. The van der Waals surface area contributed by atoms with Gasteiger partial charge < -0.3 is 19.9 Å². The van der Waals surface area contributed by atoms with E-state index in [1.54, 1.807) is 26.0 Å². The number of aryl methyl sites for hydroxylation is 2. The SMILES string of the molecule is Cc1cc([C@@H]2C[C@@H]3C(=C(CO)C[C@@H]4C(=O)N(c5cc(C(F)(F)F)cc(C(F)(F)F)c5)C(=O)[C@@H]43)B(O)O2)cc(C)c1O. The molecule has 0 aromatic heterocycles. The molecule has 0 saturated carbocycles. The quantitative estimate of drug-likeness (QED) is 0.276. The van der Waals surface area contributed by atoms with Crippen LogP contribution >= 0.6 is 0 Å². The molecule has 0 bridgehead atoms. The van der Waals surface area contributed by atoms with Gasteiger partial charge in [0.2, 0.25) is 11.8 Å². The number of anilines is 1. The molecule has 2 saturated heterocycles. The number of aliphatic hydroxyl groups is 1. The van der Waals surface area contributed by atoms with Gasteiger partial charge in [-0.3, -0.25) is 9.59 Å². The zero-order valence-electron chi connectivity index (χ0n) is 21.7. The Morgan fingerprint density at radius 1 is 0.927 bits per heavy atom. The number of amides is 2. The van der Waals surface area contributed by atoms with E-state index >= 15 is 0 Å². The molecule has 2 amide bonds. The molecule has 1 aliphatic carbocycles. The highest BCUT2D eigenvalue weighted by atomic mass is 19.4. The molecule has 2 aromatic rings. The number of rotatable bonds is 3. The average molecular weight is 583 g/mol. The molecule has 0 spiro atoms. The van der Waals surface area contributed by atoms with Gasteiger partial charge in [0.1, 0.15) is 5.75 Å². The number of aliphatic hydroxyl groups excluding tert-OH is 1. The number of halogens is 6. The summed E-state index contributed by atoms with van der Waals surface area (Å²) >= 11 is 0. The van der Waals surface area contributed by atoms with Gasteiger partial charge in [0.05, 0.1) is 41.4 Å².